The van der Waals surface area contributed by atoms with E-state index in [-0.39, 0.29) is 24.3 Å². The van der Waals surface area contributed by atoms with Crippen molar-refractivity contribution in [2.24, 2.45) is 0 Å². The van der Waals surface area contributed by atoms with E-state index < -0.39 is 0 Å². The van der Waals surface area contributed by atoms with E-state index in [1.165, 1.54) is 5.56 Å². The van der Waals surface area contributed by atoms with Gasteiger partial charge in [0.15, 0.2) is 0 Å². The minimum Gasteiger partial charge on any atom is -0.373 e. The van der Waals surface area contributed by atoms with E-state index in [2.05, 4.69) is 16.7 Å². The largest absolute Gasteiger partial charge is 0.373 e. The first-order valence-electron chi connectivity index (χ1n) is 10.1. The molecule has 1 unspecified atom stereocenters. The maximum atomic E-state index is 12.8. The lowest BCUT2D eigenvalue weighted by Gasteiger charge is -2.25. The summed E-state index contributed by atoms with van der Waals surface area (Å²) in [6.07, 6.45) is 0.782. The average molecular weight is 400 g/mol. The molecule has 1 aliphatic rings. The van der Waals surface area contributed by atoms with Crippen LogP contribution in [0.4, 0.5) is 11.4 Å². The highest BCUT2D eigenvalue weighted by atomic mass is 16.5. The third-order valence-corrected chi connectivity index (χ3v) is 5.18. The lowest BCUT2D eigenvalue weighted by atomic mass is 9.95. The predicted molar refractivity (Wildman–Crippen MR) is 118 cm³/mol. The molecule has 0 saturated heterocycles. The summed E-state index contributed by atoms with van der Waals surface area (Å²) in [5, 5.41) is 5.78. The van der Waals surface area contributed by atoms with Gasteiger partial charge in [-0.05, 0) is 54.3 Å². The van der Waals surface area contributed by atoms with Crippen LogP contribution >= 0.6 is 0 Å². The molecule has 5 nitrogen and oxygen atoms in total. The molecule has 2 amide bonds. The molecule has 1 atom stereocenters. The van der Waals surface area contributed by atoms with Crippen molar-refractivity contribution in [3.8, 4) is 0 Å². The molecule has 30 heavy (non-hydrogen) atoms. The summed E-state index contributed by atoms with van der Waals surface area (Å²) in [6, 6.07) is 22.7. The average Bonchev–Trinajstić information content (AvgIpc) is 2.74. The quantitative estimate of drug-likeness (QED) is 0.641. The number of ether oxygens (including phenoxy) is 1. The molecular formula is C25H24N2O3. The Kier molecular flexibility index (Phi) is 5.91. The SMILES string of the molecule is Cc1cccc(NC(=O)c2ccccc2NC(=O)CC2OCCc3ccccc32)c1. The Morgan fingerprint density at radius 3 is 2.63 bits per heavy atom. The van der Waals surface area contributed by atoms with Crippen LogP contribution in [0.25, 0.3) is 0 Å². The number of amides is 2. The van der Waals surface area contributed by atoms with Crippen molar-refractivity contribution in [3.63, 3.8) is 0 Å². The number of anilines is 2. The molecule has 0 saturated carbocycles. The number of benzene rings is 3. The summed E-state index contributed by atoms with van der Waals surface area (Å²) in [5.74, 6) is -0.455. The minimum atomic E-state index is -0.275. The van der Waals surface area contributed by atoms with Crippen molar-refractivity contribution >= 4 is 23.2 Å². The number of carbonyl (C=O) groups is 2. The molecule has 0 radical (unpaired) electrons. The van der Waals surface area contributed by atoms with E-state index in [4.69, 9.17) is 4.74 Å². The smallest absolute Gasteiger partial charge is 0.257 e. The molecule has 2 N–H and O–H groups in total. The highest BCUT2D eigenvalue weighted by molar-refractivity contribution is 6.10. The van der Waals surface area contributed by atoms with Crippen molar-refractivity contribution in [1.82, 2.24) is 0 Å². The van der Waals surface area contributed by atoms with E-state index in [0.717, 1.165) is 17.5 Å². The molecule has 0 spiro atoms. The highest BCUT2D eigenvalue weighted by Gasteiger charge is 2.23. The number of hydrogen-bond donors (Lipinski definition) is 2. The Balaban J connectivity index is 1.46. The van der Waals surface area contributed by atoms with Crippen LogP contribution < -0.4 is 10.6 Å². The van der Waals surface area contributed by atoms with Crippen molar-refractivity contribution in [1.29, 1.82) is 0 Å². The molecule has 3 aromatic carbocycles. The van der Waals surface area contributed by atoms with Gasteiger partial charge < -0.3 is 15.4 Å². The molecule has 0 aromatic heterocycles. The highest BCUT2D eigenvalue weighted by Crippen LogP contribution is 2.30. The van der Waals surface area contributed by atoms with Crippen molar-refractivity contribution in [2.75, 3.05) is 17.2 Å². The second-order valence-electron chi connectivity index (χ2n) is 7.43. The normalized spacial score (nSPS) is 15.2. The fourth-order valence-corrected chi connectivity index (χ4v) is 3.73. The summed E-state index contributed by atoms with van der Waals surface area (Å²) in [5.41, 5.74) is 4.95. The molecule has 152 valence electrons. The second-order valence-corrected chi connectivity index (χ2v) is 7.43. The van der Waals surface area contributed by atoms with Crippen LogP contribution in [0, 0.1) is 6.92 Å². The number of fused-ring (bicyclic) bond motifs is 1. The van der Waals surface area contributed by atoms with Crippen LogP contribution in [0.3, 0.4) is 0 Å². The Morgan fingerprint density at radius 2 is 1.77 bits per heavy atom. The molecule has 5 heteroatoms. The van der Waals surface area contributed by atoms with Crippen molar-refractivity contribution < 1.29 is 14.3 Å². The predicted octanol–water partition coefficient (Wildman–Crippen LogP) is 4.89. The molecular weight excluding hydrogens is 376 g/mol. The summed E-state index contributed by atoms with van der Waals surface area (Å²) in [4.78, 5) is 25.5. The Morgan fingerprint density at radius 1 is 0.967 bits per heavy atom. The second kappa shape index (κ2) is 8.93. The third-order valence-electron chi connectivity index (χ3n) is 5.18. The first-order valence-corrected chi connectivity index (χ1v) is 10.1. The number of rotatable bonds is 5. The number of aryl methyl sites for hydroxylation is 1. The van der Waals surface area contributed by atoms with E-state index in [0.29, 0.717) is 23.5 Å². The van der Waals surface area contributed by atoms with E-state index in [1.807, 2.05) is 49.4 Å². The molecule has 1 aliphatic heterocycles. The summed E-state index contributed by atoms with van der Waals surface area (Å²) in [6.45, 7) is 2.57. The summed E-state index contributed by atoms with van der Waals surface area (Å²) < 4.78 is 5.84. The van der Waals surface area contributed by atoms with Crippen LogP contribution in [-0.2, 0) is 16.0 Å². The van der Waals surface area contributed by atoms with Gasteiger partial charge in [0.05, 0.1) is 30.4 Å². The van der Waals surface area contributed by atoms with Gasteiger partial charge in [-0.15, -0.1) is 0 Å². The van der Waals surface area contributed by atoms with Crippen LogP contribution in [0.1, 0.15) is 39.6 Å². The topological polar surface area (TPSA) is 67.4 Å². The zero-order chi connectivity index (χ0) is 20.9. The molecule has 0 aliphatic carbocycles. The van der Waals surface area contributed by atoms with E-state index in [9.17, 15) is 9.59 Å². The molecule has 0 fully saturated rings. The van der Waals surface area contributed by atoms with Gasteiger partial charge in [0.2, 0.25) is 5.91 Å². The van der Waals surface area contributed by atoms with Gasteiger partial charge in [-0.25, -0.2) is 0 Å². The lowest BCUT2D eigenvalue weighted by molar-refractivity contribution is -0.119. The minimum absolute atomic E-state index is 0.187. The van der Waals surface area contributed by atoms with Crippen LogP contribution in [0.5, 0.6) is 0 Å². The number of carbonyl (C=O) groups excluding carboxylic acids is 2. The fourth-order valence-electron chi connectivity index (χ4n) is 3.73. The summed E-state index contributed by atoms with van der Waals surface area (Å²) in [7, 11) is 0. The Bertz CT molecular complexity index is 1080. The Hall–Kier alpha value is -3.44. The van der Waals surface area contributed by atoms with Gasteiger partial charge in [-0.1, -0.05) is 48.5 Å². The first-order chi connectivity index (χ1) is 14.6. The summed E-state index contributed by atoms with van der Waals surface area (Å²) >= 11 is 0. The van der Waals surface area contributed by atoms with Crippen LogP contribution in [-0.4, -0.2) is 18.4 Å². The monoisotopic (exact) mass is 400 g/mol. The first kappa shape index (κ1) is 19.9. The maximum absolute atomic E-state index is 12.8. The van der Waals surface area contributed by atoms with Gasteiger partial charge >= 0.3 is 0 Å². The molecule has 0 bridgehead atoms. The molecule has 3 aromatic rings. The van der Waals surface area contributed by atoms with Gasteiger partial charge in [-0.3, -0.25) is 9.59 Å². The molecule has 1 heterocycles. The molecule has 4 rings (SSSR count). The third kappa shape index (κ3) is 4.58. The fraction of sp³-hybridized carbons (Fsp3) is 0.200. The van der Waals surface area contributed by atoms with Gasteiger partial charge in [0, 0.05) is 5.69 Å². The number of nitrogens with one attached hydrogen (secondary N) is 2. The number of hydrogen-bond acceptors (Lipinski definition) is 3. The van der Waals surface area contributed by atoms with Crippen molar-refractivity contribution in [2.45, 2.75) is 25.9 Å². The standard InChI is InChI=1S/C25H24N2O3/c1-17-7-6-9-19(15-17)26-25(29)21-11-4-5-12-22(21)27-24(28)16-23-20-10-3-2-8-18(20)13-14-30-23/h2-12,15,23H,13-14,16H2,1H3,(H,26,29)(H,27,28). The van der Waals surface area contributed by atoms with Gasteiger partial charge in [-0.2, -0.15) is 0 Å². The Labute approximate surface area is 176 Å². The zero-order valence-corrected chi connectivity index (χ0v) is 16.9. The maximum Gasteiger partial charge on any atom is 0.257 e. The lowest BCUT2D eigenvalue weighted by Crippen LogP contribution is -2.23. The van der Waals surface area contributed by atoms with E-state index >= 15 is 0 Å². The number of para-hydroxylation sites is 1. The van der Waals surface area contributed by atoms with Crippen molar-refractivity contribution in [3.05, 3.63) is 95.1 Å². The van der Waals surface area contributed by atoms with Gasteiger partial charge in [0.25, 0.3) is 5.91 Å². The zero-order valence-electron chi connectivity index (χ0n) is 16.9. The van der Waals surface area contributed by atoms with Gasteiger partial charge in [0.1, 0.15) is 0 Å². The van der Waals surface area contributed by atoms with Crippen LogP contribution in [0.15, 0.2) is 72.8 Å². The van der Waals surface area contributed by atoms with E-state index in [1.54, 1.807) is 24.3 Å². The van der Waals surface area contributed by atoms with Crippen LogP contribution in [0.2, 0.25) is 0 Å².